The number of carbonyl (C=O) groups excluding carboxylic acids is 2. The van der Waals surface area contributed by atoms with Crippen LogP contribution in [0, 0.1) is 18.6 Å². The molecule has 1 aromatic heterocycles. The van der Waals surface area contributed by atoms with Gasteiger partial charge in [-0.1, -0.05) is 41.2 Å². The van der Waals surface area contributed by atoms with Gasteiger partial charge >= 0.3 is 5.97 Å². The number of halogens is 2. The van der Waals surface area contributed by atoms with Crippen molar-refractivity contribution in [1.82, 2.24) is 4.57 Å². The molecule has 12 heteroatoms. The van der Waals surface area contributed by atoms with E-state index >= 15 is 0 Å². The Bertz CT molecular complexity index is 1660. The molecular weight excluding hydrogens is 512 g/mol. The van der Waals surface area contributed by atoms with E-state index in [1.54, 1.807) is 18.2 Å². The molecule has 0 aliphatic carbocycles. The number of hydrogen-bond acceptors (Lipinski definition) is 6. The molecule has 0 radical (unpaired) electrons. The molecular formula is C24H19F2N3O5S2. The maximum absolute atomic E-state index is 14.6. The maximum atomic E-state index is 14.6. The van der Waals surface area contributed by atoms with Crippen LogP contribution < -0.4 is 9.52 Å². The van der Waals surface area contributed by atoms with Gasteiger partial charge in [-0.2, -0.15) is 4.99 Å². The van der Waals surface area contributed by atoms with E-state index in [9.17, 15) is 26.8 Å². The average Bonchev–Trinajstić information content (AvgIpc) is 3.15. The van der Waals surface area contributed by atoms with Gasteiger partial charge in [0.2, 0.25) is 0 Å². The zero-order valence-electron chi connectivity index (χ0n) is 19.0. The van der Waals surface area contributed by atoms with Gasteiger partial charge in [-0.15, -0.1) is 0 Å². The summed E-state index contributed by atoms with van der Waals surface area (Å²) in [6, 6.07) is 13.7. The molecule has 0 fully saturated rings. The van der Waals surface area contributed by atoms with Crippen LogP contribution in [0.25, 0.3) is 10.2 Å². The van der Waals surface area contributed by atoms with Crippen LogP contribution in [-0.2, 0) is 26.1 Å². The number of amides is 1. The number of methoxy groups -OCH3 is 1. The molecule has 0 saturated carbocycles. The van der Waals surface area contributed by atoms with Crippen LogP contribution >= 0.6 is 11.3 Å². The van der Waals surface area contributed by atoms with E-state index in [0.29, 0.717) is 6.07 Å². The van der Waals surface area contributed by atoms with Crippen LogP contribution in [0.2, 0.25) is 0 Å². The monoisotopic (exact) mass is 531 g/mol. The maximum Gasteiger partial charge on any atom is 0.325 e. The predicted octanol–water partition coefficient (Wildman–Crippen LogP) is 4.00. The summed E-state index contributed by atoms with van der Waals surface area (Å²) in [5.74, 6) is -3.37. The third-order valence-electron chi connectivity index (χ3n) is 5.14. The Morgan fingerprint density at radius 2 is 1.78 bits per heavy atom. The second-order valence-corrected chi connectivity index (χ2v) is 10.4. The molecule has 36 heavy (non-hydrogen) atoms. The van der Waals surface area contributed by atoms with Crippen molar-refractivity contribution in [3.8, 4) is 0 Å². The van der Waals surface area contributed by atoms with Gasteiger partial charge in [-0.05, 0) is 37.3 Å². The van der Waals surface area contributed by atoms with Gasteiger partial charge in [0, 0.05) is 6.07 Å². The Hall–Kier alpha value is -3.90. The molecule has 0 aliphatic rings. The number of sulfonamides is 1. The van der Waals surface area contributed by atoms with Crippen LogP contribution in [0.15, 0.2) is 70.6 Å². The number of nitrogens with zero attached hydrogens (tertiary/aromatic N) is 2. The van der Waals surface area contributed by atoms with E-state index in [2.05, 4.69) is 14.5 Å². The van der Waals surface area contributed by atoms with Crippen molar-refractivity contribution in [3.05, 3.63) is 88.2 Å². The smallest absolute Gasteiger partial charge is 0.325 e. The standard InChI is InChI=1S/C24H19F2N3O5S2/c1-14-7-9-16(10-8-14)36(32,33)28-19-6-4-3-5-17(19)23(31)27-24-29(13-21(30)34-2)22-18(26)11-15(25)12-20(22)35-24/h3-12,28H,13H2,1-2H3. The van der Waals surface area contributed by atoms with Gasteiger partial charge in [0.05, 0.1) is 33.5 Å². The summed E-state index contributed by atoms with van der Waals surface area (Å²) in [6.45, 7) is 1.34. The summed E-state index contributed by atoms with van der Waals surface area (Å²) in [5.41, 5.74) is 0.654. The van der Waals surface area contributed by atoms with Crippen molar-refractivity contribution in [3.63, 3.8) is 0 Å². The molecule has 0 bridgehead atoms. The lowest BCUT2D eigenvalue weighted by molar-refractivity contribution is -0.141. The van der Waals surface area contributed by atoms with Crippen molar-refractivity contribution in [2.24, 2.45) is 4.99 Å². The van der Waals surface area contributed by atoms with Gasteiger partial charge in [0.1, 0.15) is 12.4 Å². The third-order valence-corrected chi connectivity index (χ3v) is 7.55. The summed E-state index contributed by atoms with van der Waals surface area (Å²) in [4.78, 5) is 29.0. The molecule has 3 aromatic carbocycles. The third kappa shape index (κ3) is 5.19. The lowest BCUT2D eigenvalue weighted by Crippen LogP contribution is -2.23. The van der Waals surface area contributed by atoms with Crippen molar-refractivity contribution in [2.45, 2.75) is 18.4 Å². The Morgan fingerprint density at radius 3 is 2.47 bits per heavy atom. The number of rotatable bonds is 6. The summed E-state index contributed by atoms with van der Waals surface area (Å²) < 4.78 is 62.3. The predicted molar refractivity (Wildman–Crippen MR) is 130 cm³/mol. The zero-order chi connectivity index (χ0) is 26.0. The Morgan fingerprint density at radius 1 is 1.08 bits per heavy atom. The normalized spacial score (nSPS) is 12.1. The molecule has 4 rings (SSSR count). The molecule has 1 N–H and O–H groups in total. The second kappa shape index (κ2) is 9.99. The molecule has 1 heterocycles. The van der Waals surface area contributed by atoms with Gasteiger partial charge in [0.15, 0.2) is 10.6 Å². The Labute approximate surface area is 208 Å². The quantitative estimate of drug-likeness (QED) is 0.379. The Kier molecular flexibility index (Phi) is 7.00. The minimum Gasteiger partial charge on any atom is -0.468 e. The van der Waals surface area contributed by atoms with Crippen molar-refractivity contribution < 1.29 is 31.5 Å². The Balaban J connectivity index is 1.79. The van der Waals surface area contributed by atoms with Crippen LogP contribution in [0.4, 0.5) is 14.5 Å². The number of para-hydroxylation sites is 1. The van der Waals surface area contributed by atoms with E-state index in [-0.39, 0.29) is 31.2 Å². The minimum atomic E-state index is -4.02. The molecule has 0 saturated heterocycles. The van der Waals surface area contributed by atoms with Gasteiger partial charge in [-0.25, -0.2) is 17.2 Å². The largest absolute Gasteiger partial charge is 0.468 e. The molecule has 0 aliphatic heterocycles. The van der Waals surface area contributed by atoms with Gasteiger partial charge < -0.3 is 9.30 Å². The van der Waals surface area contributed by atoms with Gasteiger partial charge in [0.25, 0.3) is 15.9 Å². The summed E-state index contributed by atoms with van der Waals surface area (Å²) in [7, 11) is -2.87. The van der Waals surface area contributed by atoms with Crippen LogP contribution in [0.3, 0.4) is 0 Å². The minimum absolute atomic E-state index is 0.00483. The summed E-state index contributed by atoms with van der Waals surface area (Å²) in [5, 5.41) is 0. The second-order valence-electron chi connectivity index (χ2n) is 7.66. The number of carbonyl (C=O) groups is 2. The topological polar surface area (TPSA) is 107 Å². The fraction of sp³-hybridized carbons (Fsp3) is 0.125. The van der Waals surface area contributed by atoms with Gasteiger partial charge in [-0.3, -0.25) is 14.3 Å². The zero-order valence-corrected chi connectivity index (χ0v) is 20.6. The van der Waals surface area contributed by atoms with E-state index in [1.807, 2.05) is 6.92 Å². The first-order valence-electron chi connectivity index (χ1n) is 10.4. The lowest BCUT2D eigenvalue weighted by atomic mass is 10.2. The number of ether oxygens (including phenoxy) is 1. The molecule has 186 valence electrons. The van der Waals surface area contributed by atoms with Crippen LogP contribution in [0.1, 0.15) is 15.9 Å². The van der Waals surface area contributed by atoms with E-state index in [1.165, 1.54) is 30.3 Å². The fourth-order valence-corrected chi connectivity index (χ4v) is 5.53. The SMILES string of the molecule is COC(=O)Cn1c(=NC(=O)c2ccccc2NS(=O)(=O)c2ccc(C)cc2)sc2cc(F)cc(F)c21. The number of esters is 1. The van der Waals surface area contributed by atoms with E-state index in [0.717, 1.165) is 34.6 Å². The molecule has 0 spiro atoms. The van der Waals surface area contributed by atoms with Crippen molar-refractivity contribution >= 4 is 49.1 Å². The highest BCUT2D eigenvalue weighted by atomic mass is 32.2. The number of benzene rings is 3. The number of aromatic nitrogens is 1. The van der Waals surface area contributed by atoms with Crippen LogP contribution in [-0.4, -0.2) is 32.0 Å². The first kappa shape index (κ1) is 25.2. The first-order valence-corrected chi connectivity index (χ1v) is 12.7. The van der Waals surface area contributed by atoms with Crippen LogP contribution in [0.5, 0.6) is 0 Å². The highest BCUT2D eigenvalue weighted by Gasteiger charge is 2.20. The average molecular weight is 532 g/mol. The number of nitrogens with one attached hydrogen (secondary N) is 1. The number of anilines is 1. The molecule has 1 amide bonds. The highest BCUT2D eigenvalue weighted by molar-refractivity contribution is 7.92. The van der Waals surface area contributed by atoms with Crippen molar-refractivity contribution in [1.29, 1.82) is 0 Å². The number of thiazole rings is 1. The molecule has 0 atom stereocenters. The highest BCUT2D eigenvalue weighted by Crippen LogP contribution is 2.24. The number of hydrogen-bond donors (Lipinski definition) is 1. The number of fused-ring (bicyclic) bond motifs is 1. The lowest BCUT2D eigenvalue weighted by Gasteiger charge is -2.11. The molecule has 4 aromatic rings. The van der Waals surface area contributed by atoms with E-state index < -0.39 is 40.1 Å². The summed E-state index contributed by atoms with van der Waals surface area (Å²) in [6.07, 6.45) is 0. The number of aryl methyl sites for hydroxylation is 1. The first-order chi connectivity index (χ1) is 17.1. The van der Waals surface area contributed by atoms with Crippen molar-refractivity contribution in [2.75, 3.05) is 11.8 Å². The molecule has 8 nitrogen and oxygen atoms in total. The summed E-state index contributed by atoms with van der Waals surface area (Å²) >= 11 is 0.794. The van der Waals surface area contributed by atoms with E-state index in [4.69, 9.17) is 0 Å². The molecule has 0 unspecified atom stereocenters. The fourth-order valence-electron chi connectivity index (χ4n) is 3.38.